The maximum Gasteiger partial charge on any atom is 0.130 e. The molecule has 0 unspecified atom stereocenters. The normalized spacial score (nSPS) is 10.7. The van der Waals surface area contributed by atoms with E-state index in [1.165, 1.54) is 0 Å². The minimum Gasteiger partial charge on any atom is -0.497 e. The maximum atomic E-state index is 5.95. The number of nitrogens with two attached hydrogens (primary N) is 1. The monoisotopic (exact) mass is 236 g/mol. The van der Waals surface area contributed by atoms with Crippen molar-refractivity contribution in [1.29, 1.82) is 0 Å². The number of fused-ring (bicyclic) bond motifs is 1. The van der Waals surface area contributed by atoms with Crippen LogP contribution in [-0.2, 0) is 6.42 Å². The molecule has 0 aliphatic heterocycles. The minimum absolute atomic E-state index is 0.501. The number of benzene rings is 1. The van der Waals surface area contributed by atoms with Gasteiger partial charge in [0.15, 0.2) is 0 Å². The van der Waals surface area contributed by atoms with E-state index in [2.05, 4.69) is 4.98 Å². The molecule has 16 heavy (non-hydrogen) atoms. The van der Waals surface area contributed by atoms with Crippen molar-refractivity contribution in [2.24, 2.45) is 5.73 Å². The number of nitrogens with zero attached hydrogens (tertiary/aromatic N) is 1. The van der Waals surface area contributed by atoms with Gasteiger partial charge in [0.2, 0.25) is 0 Å². The van der Waals surface area contributed by atoms with Gasteiger partial charge in [-0.05, 0) is 42.8 Å². The van der Waals surface area contributed by atoms with Crippen LogP contribution in [0.15, 0.2) is 24.3 Å². The standard InChI is InChI=1S/C12H13ClN2O/c1-16-9-2-3-11-10(7-9)8(4-5-14)6-12(13)15-11/h2-3,6-7H,4-5,14H2,1H3. The second-order valence-corrected chi connectivity index (χ2v) is 3.91. The quantitative estimate of drug-likeness (QED) is 0.833. The Labute approximate surface area is 99.2 Å². The molecule has 0 fully saturated rings. The second kappa shape index (κ2) is 4.68. The summed E-state index contributed by atoms with van der Waals surface area (Å²) in [5.41, 5.74) is 7.56. The molecule has 4 heteroatoms. The molecule has 84 valence electrons. The summed E-state index contributed by atoms with van der Waals surface area (Å²) in [5, 5.41) is 1.55. The highest BCUT2D eigenvalue weighted by Gasteiger charge is 2.05. The van der Waals surface area contributed by atoms with Gasteiger partial charge in [-0.15, -0.1) is 0 Å². The molecule has 0 radical (unpaired) electrons. The molecule has 2 N–H and O–H groups in total. The molecule has 0 atom stereocenters. The van der Waals surface area contributed by atoms with Gasteiger partial charge in [-0.3, -0.25) is 0 Å². The van der Waals surface area contributed by atoms with Crippen molar-refractivity contribution in [3.05, 3.63) is 35.0 Å². The number of pyridine rings is 1. The Hall–Kier alpha value is -1.32. The number of aromatic nitrogens is 1. The van der Waals surface area contributed by atoms with E-state index in [0.717, 1.165) is 28.6 Å². The van der Waals surface area contributed by atoms with Gasteiger partial charge in [-0.25, -0.2) is 4.98 Å². The van der Waals surface area contributed by atoms with E-state index >= 15 is 0 Å². The third-order valence-electron chi connectivity index (χ3n) is 2.48. The van der Waals surface area contributed by atoms with E-state index in [-0.39, 0.29) is 0 Å². The van der Waals surface area contributed by atoms with Crippen LogP contribution in [0.3, 0.4) is 0 Å². The summed E-state index contributed by atoms with van der Waals surface area (Å²) in [4.78, 5) is 4.26. The lowest BCUT2D eigenvalue weighted by molar-refractivity contribution is 0.415. The van der Waals surface area contributed by atoms with Crippen molar-refractivity contribution in [3.8, 4) is 5.75 Å². The molecule has 1 aromatic heterocycles. The van der Waals surface area contributed by atoms with E-state index in [9.17, 15) is 0 Å². The SMILES string of the molecule is COc1ccc2nc(Cl)cc(CCN)c2c1. The molecule has 0 spiro atoms. The van der Waals surface area contributed by atoms with Gasteiger partial charge in [0.1, 0.15) is 10.9 Å². The van der Waals surface area contributed by atoms with Crippen LogP contribution in [0, 0.1) is 0 Å². The highest BCUT2D eigenvalue weighted by atomic mass is 35.5. The zero-order chi connectivity index (χ0) is 11.5. The number of ether oxygens (including phenoxy) is 1. The largest absolute Gasteiger partial charge is 0.497 e. The molecular weight excluding hydrogens is 224 g/mol. The summed E-state index contributed by atoms with van der Waals surface area (Å²) in [7, 11) is 1.65. The molecule has 0 saturated carbocycles. The van der Waals surface area contributed by atoms with Gasteiger partial charge < -0.3 is 10.5 Å². The fourth-order valence-corrected chi connectivity index (χ4v) is 1.95. The fraction of sp³-hybridized carbons (Fsp3) is 0.250. The van der Waals surface area contributed by atoms with Gasteiger partial charge in [-0.1, -0.05) is 11.6 Å². The van der Waals surface area contributed by atoms with Crippen LogP contribution in [0.25, 0.3) is 10.9 Å². The average molecular weight is 237 g/mol. The first-order chi connectivity index (χ1) is 7.74. The summed E-state index contributed by atoms with van der Waals surface area (Å²) in [6, 6.07) is 7.60. The minimum atomic E-state index is 0.501. The third kappa shape index (κ3) is 2.10. The van der Waals surface area contributed by atoms with E-state index in [4.69, 9.17) is 22.1 Å². The fourth-order valence-electron chi connectivity index (χ4n) is 1.73. The first-order valence-corrected chi connectivity index (χ1v) is 5.45. The summed E-state index contributed by atoms with van der Waals surface area (Å²) < 4.78 is 5.19. The Morgan fingerprint density at radius 1 is 1.38 bits per heavy atom. The van der Waals surface area contributed by atoms with E-state index < -0.39 is 0 Å². The molecule has 0 aliphatic rings. The molecule has 0 saturated heterocycles. The molecule has 2 rings (SSSR count). The molecule has 3 nitrogen and oxygen atoms in total. The van der Waals surface area contributed by atoms with Gasteiger partial charge in [0, 0.05) is 5.39 Å². The van der Waals surface area contributed by atoms with Crippen LogP contribution in [0.2, 0.25) is 5.15 Å². The molecule has 1 heterocycles. The molecular formula is C12H13ClN2O. The molecule has 0 bridgehead atoms. The summed E-state index contributed by atoms with van der Waals surface area (Å²) in [5.74, 6) is 0.815. The summed E-state index contributed by atoms with van der Waals surface area (Å²) in [6.07, 6.45) is 0.784. The molecule has 0 aliphatic carbocycles. The Kier molecular flexibility index (Phi) is 3.27. The Bertz CT molecular complexity index is 514. The number of hydrogen-bond donors (Lipinski definition) is 1. The first-order valence-electron chi connectivity index (χ1n) is 5.08. The van der Waals surface area contributed by atoms with E-state index in [0.29, 0.717) is 11.7 Å². The van der Waals surface area contributed by atoms with E-state index in [1.54, 1.807) is 7.11 Å². The van der Waals surface area contributed by atoms with Crippen LogP contribution in [-0.4, -0.2) is 18.6 Å². The van der Waals surface area contributed by atoms with Crippen LogP contribution in [0.1, 0.15) is 5.56 Å². The van der Waals surface area contributed by atoms with Crippen LogP contribution in [0.5, 0.6) is 5.75 Å². The first kappa shape index (κ1) is 11.2. The highest BCUT2D eigenvalue weighted by molar-refractivity contribution is 6.29. The van der Waals surface area contributed by atoms with Crippen LogP contribution < -0.4 is 10.5 Å². The Balaban J connectivity index is 2.65. The lowest BCUT2D eigenvalue weighted by Crippen LogP contribution is -2.03. The zero-order valence-corrected chi connectivity index (χ0v) is 9.79. The highest BCUT2D eigenvalue weighted by Crippen LogP contribution is 2.25. The lowest BCUT2D eigenvalue weighted by Gasteiger charge is -2.07. The van der Waals surface area contributed by atoms with Crippen molar-refractivity contribution < 1.29 is 4.74 Å². The van der Waals surface area contributed by atoms with Crippen LogP contribution in [0.4, 0.5) is 0 Å². The van der Waals surface area contributed by atoms with Crippen molar-refractivity contribution >= 4 is 22.5 Å². The van der Waals surface area contributed by atoms with Gasteiger partial charge in [0.25, 0.3) is 0 Å². The predicted octanol–water partition coefficient (Wildman–Crippen LogP) is 2.40. The maximum absolute atomic E-state index is 5.95. The summed E-state index contributed by atoms with van der Waals surface area (Å²) in [6.45, 7) is 0.590. The topological polar surface area (TPSA) is 48.1 Å². The number of methoxy groups -OCH3 is 1. The second-order valence-electron chi connectivity index (χ2n) is 3.53. The Morgan fingerprint density at radius 3 is 2.88 bits per heavy atom. The van der Waals surface area contributed by atoms with Gasteiger partial charge >= 0.3 is 0 Å². The predicted molar refractivity (Wildman–Crippen MR) is 66.1 cm³/mol. The third-order valence-corrected chi connectivity index (χ3v) is 2.68. The molecule has 2 aromatic rings. The van der Waals surface area contributed by atoms with Crippen molar-refractivity contribution in [2.45, 2.75) is 6.42 Å². The van der Waals surface area contributed by atoms with Crippen molar-refractivity contribution in [1.82, 2.24) is 4.98 Å². The Morgan fingerprint density at radius 2 is 2.19 bits per heavy atom. The van der Waals surface area contributed by atoms with Crippen molar-refractivity contribution in [3.63, 3.8) is 0 Å². The number of halogens is 1. The average Bonchev–Trinajstić information content (AvgIpc) is 2.29. The van der Waals surface area contributed by atoms with Gasteiger partial charge in [0.05, 0.1) is 12.6 Å². The lowest BCUT2D eigenvalue weighted by atomic mass is 10.1. The molecule has 0 amide bonds. The van der Waals surface area contributed by atoms with Crippen molar-refractivity contribution in [2.75, 3.05) is 13.7 Å². The van der Waals surface area contributed by atoms with Crippen LogP contribution >= 0.6 is 11.6 Å². The number of hydrogen-bond acceptors (Lipinski definition) is 3. The summed E-state index contributed by atoms with van der Waals surface area (Å²) >= 11 is 5.95. The smallest absolute Gasteiger partial charge is 0.130 e. The zero-order valence-electron chi connectivity index (χ0n) is 9.03. The molecule has 1 aromatic carbocycles. The van der Waals surface area contributed by atoms with Gasteiger partial charge in [-0.2, -0.15) is 0 Å². The number of rotatable bonds is 3. The van der Waals surface area contributed by atoms with E-state index in [1.807, 2.05) is 24.3 Å².